The highest BCUT2D eigenvalue weighted by molar-refractivity contribution is 9.10. The van der Waals surface area contributed by atoms with Crippen molar-refractivity contribution in [3.05, 3.63) is 34.3 Å². The summed E-state index contributed by atoms with van der Waals surface area (Å²) in [5.74, 6) is 0.590. The summed E-state index contributed by atoms with van der Waals surface area (Å²) in [7, 11) is 0. The van der Waals surface area contributed by atoms with E-state index in [2.05, 4.69) is 21.2 Å². The molecule has 0 atom stereocenters. The van der Waals surface area contributed by atoms with Gasteiger partial charge in [-0.05, 0) is 40.9 Å². The van der Waals surface area contributed by atoms with E-state index >= 15 is 0 Å². The lowest BCUT2D eigenvalue weighted by atomic mass is 10.1. The van der Waals surface area contributed by atoms with Crippen LogP contribution in [0.2, 0.25) is 0 Å². The van der Waals surface area contributed by atoms with Crippen molar-refractivity contribution in [1.29, 1.82) is 0 Å². The molecule has 2 rings (SSSR count). The maximum absolute atomic E-state index is 11.9. The van der Waals surface area contributed by atoms with Crippen LogP contribution in [-0.4, -0.2) is 18.3 Å². The van der Waals surface area contributed by atoms with Crippen LogP contribution in [0.3, 0.4) is 0 Å². The Kier molecular flexibility index (Phi) is 3.55. The van der Waals surface area contributed by atoms with E-state index in [-0.39, 0.29) is 11.3 Å². The smallest absolute Gasteiger partial charge is 0.252 e. The van der Waals surface area contributed by atoms with Gasteiger partial charge in [0.1, 0.15) is 0 Å². The van der Waals surface area contributed by atoms with Crippen LogP contribution >= 0.6 is 27.5 Å². The summed E-state index contributed by atoms with van der Waals surface area (Å²) in [4.78, 5) is 11.9. The van der Waals surface area contributed by atoms with E-state index in [9.17, 15) is 4.79 Å². The zero-order valence-electron chi connectivity index (χ0n) is 8.80. The Bertz CT molecular complexity index is 404. The Morgan fingerprint density at radius 3 is 2.69 bits per heavy atom. The topological polar surface area (TPSA) is 29.1 Å². The second-order valence-electron chi connectivity index (χ2n) is 4.30. The van der Waals surface area contributed by atoms with Gasteiger partial charge in [0.2, 0.25) is 0 Å². The summed E-state index contributed by atoms with van der Waals surface area (Å²) in [5, 5.41) is 2.94. The molecule has 0 spiro atoms. The van der Waals surface area contributed by atoms with E-state index in [1.54, 1.807) is 6.07 Å². The number of carbonyl (C=O) groups is 1. The van der Waals surface area contributed by atoms with Crippen LogP contribution in [-0.2, 0) is 0 Å². The highest BCUT2D eigenvalue weighted by Gasteiger charge is 2.41. The Morgan fingerprint density at radius 1 is 1.44 bits per heavy atom. The number of rotatable bonds is 4. The summed E-state index contributed by atoms with van der Waals surface area (Å²) in [6, 6.07) is 7.42. The van der Waals surface area contributed by atoms with Crippen molar-refractivity contribution >= 4 is 33.4 Å². The van der Waals surface area contributed by atoms with Crippen molar-refractivity contribution in [2.45, 2.75) is 12.8 Å². The molecule has 1 aromatic carbocycles. The van der Waals surface area contributed by atoms with Crippen LogP contribution in [0.4, 0.5) is 0 Å². The summed E-state index contributed by atoms with van der Waals surface area (Å²) >= 11 is 9.22. The molecule has 0 aromatic heterocycles. The molecule has 0 unspecified atom stereocenters. The average Bonchev–Trinajstić information content (AvgIpc) is 3.07. The van der Waals surface area contributed by atoms with Crippen LogP contribution in [0.1, 0.15) is 23.2 Å². The molecule has 86 valence electrons. The third kappa shape index (κ3) is 2.58. The second kappa shape index (κ2) is 4.76. The van der Waals surface area contributed by atoms with Crippen molar-refractivity contribution in [2.24, 2.45) is 5.41 Å². The quantitative estimate of drug-likeness (QED) is 0.850. The Hall–Kier alpha value is -0.540. The molecule has 1 aliphatic rings. The third-order valence-corrected chi connectivity index (χ3v) is 4.24. The molecule has 2 nitrogen and oxygen atoms in total. The second-order valence-corrected chi connectivity index (χ2v) is 5.42. The number of carbonyl (C=O) groups excluding carboxylic acids is 1. The first kappa shape index (κ1) is 11.9. The van der Waals surface area contributed by atoms with Crippen molar-refractivity contribution in [3.63, 3.8) is 0 Å². The van der Waals surface area contributed by atoms with Gasteiger partial charge < -0.3 is 5.32 Å². The van der Waals surface area contributed by atoms with Gasteiger partial charge in [-0.1, -0.05) is 12.1 Å². The molecular formula is C12H13BrClNO. The highest BCUT2D eigenvalue weighted by Crippen LogP contribution is 2.45. The minimum absolute atomic E-state index is 0.0381. The van der Waals surface area contributed by atoms with Crippen molar-refractivity contribution in [2.75, 3.05) is 12.4 Å². The van der Waals surface area contributed by atoms with E-state index in [0.717, 1.165) is 17.3 Å². The van der Waals surface area contributed by atoms with E-state index in [0.29, 0.717) is 18.0 Å². The van der Waals surface area contributed by atoms with E-state index < -0.39 is 0 Å². The van der Waals surface area contributed by atoms with Crippen LogP contribution in [0, 0.1) is 5.41 Å². The Balaban J connectivity index is 1.96. The number of alkyl halides is 1. The standard InChI is InChI=1S/C12H13BrClNO/c13-10-4-2-1-3-9(10)11(16)15-8-12(7-14)5-6-12/h1-4H,5-8H2,(H,15,16). The molecule has 16 heavy (non-hydrogen) atoms. The molecule has 1 aromatic rings. The predicted molar refractivity (Wildman–Crippen MR) is 68.9 cm³/mol. The molecule has 0 radical (unpaired) electrons. The number of hydrogen-bond donors (Lipinski definition) is 1. The zero-order chi connectivity index (χ0) is 11.6. The van der Waals surface area contributed by atoms with Crippen molar-refractivity contribution in [3.8, 4) is 0 Å². The summed E-state index contributed by atoms with van der Waals surface area (Å²) in [6.07, 6.45) is 2.24. The van der Waals surface area contributed by atoms with Crippen LogP contribution in [0.5, 0.6) is 0 Å². The van der Waals surface area contributed by atoms with Gasteiger partial charge in [-0.3, -0.25) is 4.79 Å². The molecule has 0 saturated heterocycles. The number of benzene rings is 1. The summed E-state index contributed by atoms with van der Waals surface area (Å²) < 4.78 is 0.822. The van der Waals surface area contributed by atoms with Gasteiger partial charge in [0.25, 0.3) is 5.91 Å². The lowest BCUT2D eigenvalue weighted by molar-refractivity contribution is 0.0945. The van der Waals surface area contributed by atoms with Gasteiger partial charge in [0, 0.05) is 22.3 Å². The first-order valence-electron chi connectivity index (χ1n) is 5.26. The van der Waals surface area contributed by atoms with E-state index in [1.165, 1.54) is 0 Å². The lowest BCUT2D eigenvalue weighted by Gasteiger charge is -2.12. The highest BCUT2D eigenvalue weighted by atomic mass is 79.9. The van der Waals surface area contributed by atoms with Gasteiger partial charge in [-0.15, -0.1) is 11.6 Å². The van der Waals surface area contributed by atoms with Crippen LogP contribution in [0.25, 0.3) is 0 Å². The molecule has 1 saturated carbocycles. The predicted octanol–water partition coefficient (Wildman–Crippen LogP) is 3.20. The maximum Gasteiger partial charge on any atom is 0.252 e. The van der Waals surface area contributed by atoms with Gasteiger partial charge in [0.05, 0.1) is 5.56 Å². The maximum atomic E-state index is 11.9. The SMILES string of the molecule is O=C(NCC1(CCl)CC1)c1ccccc1Br. The summed E-state index contributed by atoms with van der Waals surface area (Å²) in [6.45, 7) is 0.677. The minimum Gasteiger partial charge on any atom is -0.351 e. The number of amides is 1. The average molecular weight is 303 g/mol. The molecule has 4 heteroatoms. The fourth-order valence-corrected chi connectivity index (χ4v) is 2.37. The first-order valence-corrected chi connectivity index (χ1v) is 6.58. The van der Waals surface area contributed by atoms with Gasteiger partial charge >= 0.3 is 0 Å². The van der Waals surface area contributed by atoms with Gasteiger partial charge in [0.15, 0.2) is 0 Å². The molecule has 0 aliphatic heterocycles. The molecule has 1 amide bonds. The Morgan fingerprint density at radius 2 is 2.12 bits per heavy atom. The molecule has 0 heterocycles. The number of nitrogens with one attached hydrogen (secondary N) is 1. The molecule has 1 fully saturated rings. The first-order chi connectivity index (χ1) is 7.67. The third-order valence-electron chi connectivity index (χ3n) is 2.98. The molecule has 0 bridgehead atoms. The van der Waals surface area contributed by atoms with Crippen molar-refractivity contribution in [1.82, 2.24) is 5.32 Å². The normalized spacial score (nSPS) is 16.9. The van der Waals surface area contributed by atoms with Crippen LogP contribution < -0.4 is 5.32 Å². The van der Waals surface area contributed by atoms with Crippen molar-refractivity contribution < 1.29 is 4.79 Å². The Labute approximate surface area is 108 Å². The zero-order valence-corrected chi connectivity index (χ0v) is 11.1. The number of hydrogen-bond acceptors (Lipinski definition) is 1. The fourth-order valence-electron chi connectivity index (χ4n) is 1.54. The lowest BCUT2D eigenvalue weighted by Crippen LogP contribution is -2.31. The van der Waals surface area contributed by atoms with Gasteiger partial charge in [-0.2, -0.15) is 0 Å². The monoisotopic (exact) mass is 301 g/mol. The molecular weight excluding hydrogens is 289 g/mol. The minimum atomic E-state index is -0.0381. The fraction of sp³-hybridized carbons (Fsp3) is 0.417. The van der Waals surface area contributed by atoms with E-state index in [4.69, 9.17) is 11.6 Å². The number of halogens is 2. The van der Waals surface area contributed by atoms with Gasteiger partial charge in [-0.25, -0.2) is 0 Å². The van der Waals surface area contributed by atoms with Crippen LogP contribution in [0.15, 0.2) is 28.7 Å². The van der Waals surface area contributed by atoms with E-state index in [1.807, 2.05) is 18.2 Å². The largest absolute Gasteiger partial charge is 0.351 e. The molecule has 1 N–H and O–H groups in total. The summed E-state index contributed by atoms with van der Waals surface area (Å²) in [5.41, 5.74) is 0.839. The molecule has 1 aliphatic carbocycles.